The average molecular weight is 303 g/mol. The molecule has 0 radical (unpaired) electrons. The van der Waals surface area contributed by atoms with Crippen molar-refractivity contribution in [1.29, 1.82) is 0 Å². The van der Waals surface area contributed by atoms with Crippen LogP contribution in [0.4, 0.5) is 5.95 Å². The van der Waals surface area contributed by atoms with Gasteiger partial charge in [0, 0.05) is 26.1 Å². The number of benzene rings is 1. The summed E-state index contributed by atoms with van der Waals surface area (Å²) in [6.45, 7) is 8.38. The number of amides is 1. The molecule has 0 saturated heterocycles. The molecular weight excluding hydrogens is 278 g/mol. The van der Waals surface area contributed by atoms with Crippen molar-refractivity contribution in [3.8, 4) is 0 Å². The summed E-state index contributed by atoms with van der Waals surface area (Å²) < 4.78 is 2.07. The molecule has 0 aliphatic rings. The van der Waals surface area contributed by atoms with Crippen LogP contribution in [0.3, 0.4) is 0 Å². The molecule has 1 amide bonds. The first kappa shape index (κ1) is 16.5. The number of nitrogens with zero attached hydrogens (tertiary/aromatic N) is 3. The van der Waals surface area contributed by atoms with Crippen LogP contribution in [0.15, 0.2) is 24.3 Å². The molecule has 1 aromatic heterocycles. The van der Waals surface area contributed by atoms with Crippen LogP contribution in [-0.4, -0.2) is 46.5 Å². The van der Waals surface area contributed by atoms with Gasteiger partial charge < -0.3 is 15.2 Å². The van der Waals surface area contributed by atoms with E-state index in [0.717, 1.165) is 37.2 Å². The average Bonchev–Trinajstić information content (AvgIpc) is 2.86. The Labute approximate surface area is 131 Å². The molecule has 0 spiro atoms. The highest BCUT2D eigenvalue weighted by Gasteiger charge is 2.13. The Balaban J connectivity index is 2.25. The second-order valence-electron chi connectivity index (χ2n) is 5.19. The summed E-state index contributed by atoms with van der Waals surface area (Å²) >= 11 is 0. The van der Waals surface area contributed by atoms with Crippen LogP contribution in [0, 0.1) is 0 Å². The van der Waals surface area contributed by atoms with Crippen molar-refractivity contribution in [3.05, 3.63) is 24.3 Å². The van der Waals surface area contributed by atoms with E-state index in [4.69, 9.17) is 5.73 Å². The number of likely N-dealkylation sites (N-methyl/N-ethyl adjacent to an activating group) is 1. The van der Waals surface area contributed by atoms with E-state index in [2.05, 4.69) is 33.6 Å². The maximum atomic E-state index is 11.8. The number of nitrogens with one attached hydrogen (secondary N) is 1. The number of hydrogen-bond acceptors (Lipinski definition) is 4. The Morgan fingerprint density at radius 2 is 2.05 bits per heavy atom. The van der Waals surface area contributed by atoms with Gasteiger partial charge in [-0.1, -0.05) is 26.0 Å². The fraction of sp³-hybridized carbons (Fsp3) is 0.500. The van der Waals surface area contributed by atoms with E-state index >= 15 is 0 Å². The summed E-state index contributed by atoms with van der Waals surface area (Å²) in [5.74, 6) is 0.508. The van der Waals surface area contributed by atoms with Crippen molar-refractivity contribution in [2.24, 2.45) is 5.73 Å². The number of imidazole rings is 1. The molecule has 6 nitrogen and oxygen atoms in total. The van der Waals surface area contributed by atoms with Gasteiger partial charge in [-0.15, -0.1) is 0 Å². The third-order valence-electron chi connectivity index (χ3n) is 3.81. The lowest BCUT2D eigenvalue weighted by atomic mass is 10.3. The maximum Gasteiger partial charge on any atom is 0.227 e. The summed E-state index contributed by atoms with van der Waals surface area (Å²) in [5, 5.41) is 2.88. The van der Waals surface area contributed by atoms with E-state index in [0.29, 0.717) is 18.9 Å². The first-order valence-electron chi connectivity index (χ1n) is 7.87. The zero-order chi connectivity index (χ0) is 15.9. The van der Waals surface area contributed by atoms with Gasteiger partial charge >= 0.3 is 0 Å². The number of carbonyl (C=O) groups excluding carboxylic acids is 1. The second kappa shape index (κ2) is 7.91. The molecule has 0 unspecified atom stereocenters. The number of carbonyl (C=O) groups is 1. The van der Waals surface area contributed by atoms with Gasteiger partial charge in [-0.25, -0.2) is 4.98 Å². The lowest BCUT2D eigenvalue weighted by Crippen LogP contribution is -2.28. The van der Waals surface area contributed by atoms with E-state index in [-0.39, 0.29) is 5.91 Å². The Bertz CT molecular complexity index is 618. The summed E-state index contributed by atoms with van der Waals surface area (Å²) in [5.41, 5.74) is 7.37. The summed E-state index contributed by atoms with van der Waals surface area (Å²) in [6.07, 6.45) is 0.305. The zero-order valence-corrected chi connectivity index (χ0v) is 13.4. The molecule has 1 aromatic carbocycles. The predicted molar refractivity (Wildman–Crippen MR) is 89.8 cm³/mol. The smallest absolute Gasteiger partial charge is 0.227 e. The Kier molecular flexibility index (Phi) is 5.91. The number of hydrogen-bond donors (Lipinski definition) is 2. The molecule has 0 atom stereocenters. The van der Waals surface area contributed by atoms with E-state index in [1.54, 1.807) is 0 Å². The van der Waals surface area contributed by atoms with E-state index in [1.165, 1.54) is 0 Å². The first-order valence-corrected chi connectivity index (χ1v) is 7.87. The molecule has 22 heavy (non-hydrogen) atoms. The molecule has 3 N–H and O–H groups in total. The minimum atomic E-state index is -0.0955. The molecule has 0 bridgehead atoms. The number of nitrogens with two attached hydrogens (primary N) is 1. The van der Waals surface area contributed by atoms with Gasteiger partial charge in [-0.2, -0.15) is 0 Å². The number of aromatic nitrogens is 2. The van der Waals surface area contributed by atoms with E-state index < -0.39 is 0 Å². The van der Waals surface area contributed by atoms with Crippen LogP contribution in [0.1, 0.15) is 20.3 Å². The molecule has 1 heterocycles. The van der Waals surface area contributed by atoms with Crippen molar-refractivity contribution in [1.82, 2.24) is 14.5 Å². The minimum absolute atomic E-state index is 0.0955. The van der Waals surface area contributed by atoms with Crippen molar-refractivity contribution >= 4 is 22.9 Å². The predicted octanol–water partition coefficient (Wildman–Crippen LogP) is 1.67. The van der Waals surface area contributed by atoms with Crippen LogP contribution in [-0.2, 0) is 11.3 Å². The maximum absolute atomic E-state index is 11.8. The van der Waals surface area contributed by atoms with Crippen molar-refractivity contribution in [2.45, 2.75) is 26.8 Å². The topological polar surface area (TPSA) is 76.2 Å². The third-order valence-corrected chi connectivity index (χ3v) is 3.81. The van der Waals surface area contributed by atoms with Gasteiger partial charge in [0.2, 0.25) is 11.9 Å². The first-order chi connectivity index (χ1) is 10.7. The van der Waals surface area contributed by atoms with Crippen molar-refractivity contribution in [2.75, 3.05) is 31.5 Å². The van der Waals surface area contributed by atoms with Gasteiger partial charge in [0.25, 0.3) is 0 Å². The quantitative estimate of drug-likeness (QED) is 0.777. The number of para-hydroxylation sites is 2. The Hall–Kier alpha value is -1.92. The molecular formula is C16H25N5O. The standard InChI is InChI=1S/C16H25N5O/c1-3-20(4-2)11-12-21-14-8-6-5-7-13(14)18-16(21)19-15(22)9-10-17/h5-8H,3-4,9-12,17H2,1-2H3,(H,18,19,22). The van der Waals surface area contributed by atoms with Crippen LogP contribution in [0.5, 0.6) is 0 Å². The number of anilines is 1. The third kappa shape index (κ3) is 3.84. The number of fused-ring (bicyclic) bond motifs is 1. The van der Waals surface area contributed by atoms with Crippen molar-refractivity contribution in [3.63, 3.8) is 0 Å². The molecule has 6 heteroatoms. The molecule has 0 saturated carbocycles. The minimum Gasteiger partial charge on any atom is -0.330 e. The summed E-state index contributed by atoms with van der Waals surface area (Å²) in [6, 6.07) is 7.93. The van der Waals surface area contributed by atoms with Gasteiger partial charge in [0.15, 0.2) is 0 Å². The Morgan fingerprint density at radius 1 is 1.32 bits per heavy atom. The van der Waals surface area contributed by atoms with Gasteiger partial charge in [0.1, 0.15) is 0 Å². The summed E-state index contributed by atoms with van der Waals surface area (Å²) in [7, 11) is 0. The lowest BCUT2D eigenvalue weighted by Gasteiger charge is -2.19. The molecule has 2 aromatic rings. The van der Waals surface area contributed by atoms with Gasteiger partial charge in [-0.3, -0.25) is 10.1 Å². The van der Waals surface area contributed by atoms with Crippen LogP contribution in [0.2, 0.25) is 0 Å². The molecule has 2 rings (SSSR count). The molecule has 0 fully saturated rings. The van der Waals surface area contributed by atoms with E-state index in [1.807, 2.05) is 24.3 Å². The fourth-order valence-corrected chi connectivity index (χ4v) is 2.50. The summed E-state index contributed by atoms with van der Waals surface area (Å²) in [4.78, 5) is 18.7. The van der Waals surface area contributed by atoms with Crippen LogP contribution < -0.4 is 11.1 Å². The normalized spacial score (nSPS) is 11.3. The van der Waals surface area contributed by atoms with Crippen LogP contribution >= 0.6 is 0 Å². The largest absolute Gasteiger partial charge is 0.330 e. The SMILES string of the molecule is CCN(CC)CCn1c(NC(=O)CCN)nc2ccccc21. The highest BCUT2D eigenvalue weighted by molar-refractivity contribution is 5.91. The zero-order valence-electron chi connectivity index (χ0n) is 13.4. The monoisotopic (exact) mass is 303 g/mol. The second-order valence-corrected chi connectivity index (χ2v) is 5.19. The fourth-order valence-electron chi connectivity index (χ4n) is 2.50. The lowest BCUT2D eigenvalue weighted by molar-refractivity contribution is -0.116. The van der Waals surface area contributed by atoms with Gasteiger partial charge in [0.05, 0.1) is 11.0 Å². The number of rotatable bonds is 8. The highest BCUT2D eigenvalue weighted by atomic mass is 16.1. The Morgan fingerprint density at radius 3 is 2.73 bits per heavy atom. The van der Waals surface area contributed by atoms with E-state index in [9.17, 15) is 4.79 Å². The molecule has 0 aliphatic heterocycles. The van der Waals surface area contributed by atoms with Gasteiger partial charge in [-0.05, 0) is 25.2 Å². The van der Waals surface area contributed by atoms with Crippen molar-refractivity contribution < 1.29 is 4.79 Å². The highest BCUT2D eigenvalue weighted by Crippen LogP contribution is 2.19. The molecule has 120 valence electrons. The van der Waals surface area contributed by atoms with Crippen LogP contribution in [0.25, 0.3) is 11.0 Å². The molecule has 0 aliphatic carbocycles.